The third-order valence-corrected chi connectivity index (χ3v) is 2.98. The second-order valence-electron chi connectivity index (χ2n) is 3.67. The third kappa shape index (κ3) is 2.20. The Labute approximate surface area is 103 Å². The smallest absolute Gasteiger partial charge is 0.129 e. The van der Waals surface area contributed by atoms with E-state index in [4.69, 9.17) is 10.2 Å². The van der Waals surface area contributed by atoms with Gasteiger partial charge in [0.1, 0.15) is 11.8 Å². The van der Waals surface area contributed by atoms with Crippen molar-refractivity contribution in [3.63, 3.8) is 0 Å². The van der Waals surface area contributed by atoms with E-state index in [1.165, 1.54) is 0 Å². The summed E-state index contributed by atoms with van der Waals surface area (Å²) in [7, 11) is 0. The quantitative estimate of drug-likeness (QED) is 0.938. The molecule has 86 valence electrons. The van der Waals surface area contributed by atoms with Crippen molar-refractivity contribution in [2.75, 3.05) is 0 Å². The third-order valence-electron chi connectivity index (χ3n) is 2.57. The topological polar surface area (TPSA) is 57.0 Å². The first-order chi connectivity index (χ1) is 7.72. The first-order valence-corrected chi connectivity index (χ1v) is 6.00. The number of furan rings is 1. The highest BCUT2D eigenvalue weighted by Crippen LogP contribution is 2.24. The van der Waals surface area contributed by atoms with Crippen LogP contribution in [0.5, 0.6) is 0 Å². The maximum absolute atomic E-state index is 6.11. The van der Waals surface area contributed by atoms with E-state index >= 15 is 0 Å². The van der Waals surface area contributed by atoms with Gasteiger partial charge >= 0.3 is 0 Å². The summed E-state index contributed by atoms with van der Waals surface area (Å²) in [5.74, 6) is 0.838. The van der Waals surface area contributed by atoms with Crippen molar-refractivity contribution in [2.24, 2.45) is 5.73 Å². The Balaban J connectivity index is 2.35. The molecule has 2 aromatic heterocycles. The van der Waals surface area contributed by atoms with Crippen molar-refractivity contribution in [1.29, 1.82) is 0 Å². The maximum atomic E-state index is 6.11. The van der Waals surface area contributed by atoms with Crippen LogP contribution in [0.1, 0.15) is 25.1 Å². The molecule has 2 N–H and O–H groups in total. The fourth-order valence-electron chi connectivity index (χ4n) is 1.69. The molecule has 0 aromatic carbocycles. The molecular formula is C11H14BrN3O. The van der Waals surface area contributed by atoms with E-state index in [1.807, 2.05) is 23.0 Å². The highest BCUT2D eigenvalue weighted by molar-refractivity contribution is 9.10. The summed E-state index contributed by atoms with van der Waals surface area (Å²) in [6.45, 7) is 2.05. The number of aromatic nitrogens is 2. The van der Waals surface area contributed by atoms with Gasteiger partial charge in [0, 0.05) is 12.2 Å². The zero-order valence-electron chi connectivity index (χ0n) is 9.01. The number of hydrogen-bond acceptors (Lipinski definition) is 3. The SMILES string of the molecule is CCC(N)C(c1ccco1)n1cc(Br)cn1. The predicted octanol–water partition coefficient (Wildman–Crippen LogP) is 2.57. The number of nitrogens with two attached hydrogens (primary N) is 1. The molecule has 0 aliphatic heterocycles. The first-order valence-electron chi connectivity index (χ1n) is 5.21. The molecule has 0 amide bonds. The molecule has 0 radical (unpaired) electrons. The molecule has 2 aromatic rings. The van der Waals surface area contributed by atoms with Gasteiger partial charge in [0.2, 0.25) is 0 Å². The molecule has 2 atom stereocenters. The average Bonchev–Trinajstić information content (AvgIpc) is 2.91. The first kappa shape index (κ1) is 11.4. The van der Waals surface area contributed by atoms with Gasteiger partial charge in [-0.25, -0.2) is 0 Å². The Morgan fingerprint density at radius 2 is 2.44 bits per heavy atom. The molecule has 0 aliphatic rings. The highest BCUT2D eigenvalue weighted by Gasteiger charge is 2.23. The Morgan fingerprint density at radius 3 is 2.94 bits per heavy atom. The lowest BCUT2D eigenvalue weighted by Crippen LogP contribution is -2.32. The van der Waals surface area contributed by atoms with E-state index < -0.39 is 0 Å². The van der Waals surface area contributed by atoms with Gasteiger partial charge in [-0.05, 0) is 34.5 Å². The summed E-state index contributed by atoms with van der Waals surface area (Å²) < 4.78 is 8.19. The Bertz CT molecular complexity index is 438. The van der Waals surface area contributed by atoms with Gasteiger partial charge in [-0.2, -0.15) is 5.10 Å². The molecule has 0 bridgehead atoms. The lowest BCUT2D eigenvalue weighted by Gasteiger charge is -2.21. The second-order valence-corrected chi connectivity index (χ2v) is 4.59. The summed E-state index contributed by atoms with van der Waals surface area (Å²) >= 11 is 3.38. The predicted molar refractivity (Wildman–Crippen MR) is 65.0 cm³/mol. The molecule has 0 saturated carbocycles. The number of rotatable bonds is 4. The molecule has 2 rings (SSSR count). The van der Waals surface area contributed by atoms with Crippen molar-refractivity contribution in [2.45, 2.75) is 25.4 Å². The minimum Gasteiger partial charge on any atom is -0.467 e. The van der Waals surface area contributed by atoms with E-state index in [0.717, 1.165) is 16.7 Å². The van der Waals surface area contributed by atoms with E-state index in [2.05, 4.69) is 28.0 Å². The van der Waals surface area contributed by atoms with Crippen LogP contribution < -0.4 is 5.73 Å². The van der Waals surface area contributed by atoms with Crippen LogP contribution in [0, 0.1) is 0 Å². The molecule has 0 saturated heterocycles. The van der Waals surface area contributed by atoms with Crippen LogP contribution in [0.4, 0.5) is 0 Å². The summed E-state index contributed by atoms with van der Waals surface area (Å²) in [6.07, 6.45) is 6.17. The minimum absolute atomic E-state index is 0.0158. The van der Waals surface area contributed by atoms with Gasteiger partial charge in [0.25, 0.3) is 0 Å². The lowest BCUT2D eigenvalue weighted by atomic mass is 10.0. The standard InChI is InChI=1S/C11H14BrN3O/c1-2-9(13)11(10-4-3-5-16-10)15-7-8(12)6-14-15/h3-7,9,11H,2,13H2,1H3. The van der Waals surface area contributed by atoms with Crippen molar-refractivity contribution in [3.8, 4) is 0 Å². The summed E-state index contributed by atoms with van der Waals surface area (Å²) in [4.78, 5) is 0. The van der Waals surface area contributed by atoms with Crippen LogP contribution in [0.25, 0.3) is 0 Å². The van der Waals surface area contributed by atoms with Crippen LogP contribution in [0.15, 0.2) is 39.7 Å². The molecular weight excluding hydrogens is 270 g/mol. The van der Waals surface area contributed by atoms with Crippen LogP contribution in [-0.4, -0.2) is 15.8 Å². The van der Waals surface area contributed by atoms with Gasteiger partial charge in [-0.1, -0.05) is 6.92 Å². The van der Waals surface area contributed by atoms with Crippen molar-refractivity contribution in [3.05, 3.63) is 41.0 Å². The Morgan fingerprint density at radius 1 is 1.62 bits per heavy atom. The molecule has 0 aliphatic carbocycles. The highest BCUT2D eigenvalue weighted by atomic mass is 79.9. The summed E-state index contributed by atoms with van der Waals surface area (Å²) in [6, 6.07) is 3.73. The zero-order valence-corrected chi connectivity index (χ0v) is 10.6. The van der Waals surface area contributed by atoms with E-state index in [-0.39, 0.29) is 12.1 Å². The fourth-order valence-corrected chi connectivity index (χ4v) is 1.99. The molecule has 0 fully saturated rings. The molecule has 0 spiro atoms. The monoisotopic (exact) mass is 283 g/mol. The number of nitrogens with zero attached hydrogens (tertiary/aromatic N) is 2. The average molecular weight is 284 g/mol. The summed E-state index contributed by atoms with van der Waals surface area (Å²) in [5.41, 5.74) is 6.11. The van der Waals surface area contributed by atoms with Crippen molar-refractivity contribution >= 4 is 15.9 Å². The largest absolute Gasteiger partial charge is 0.467 e. The Hall–Kier alpha value is -1.07. The van der Waals surface area contributed by atoms with Crippen LogP contribution >= 0.6 is 15.9 Å². The minimum atomic E-state index is -0.0497. The number of halogens is 1. The van der Waals surface area contributed by atoms with E-state index in [1.54, 1.807) is 12.5 Å². The zero-order chi connectivity index (χ0) is 11.5. The van der Waals surface area contributed by atoms with Crippen molar-refractivity contribution in [1.82, 2.24) is 9.78 Å². The molecule has 4 nitrogen and oxygen atoms in total. The van der Waals surface area contributed by atoms with Gasteiger partial charge in [-0.15, -0.1) is 0 Å². The van der Waals surface area contributed by atoms with Gasteiger partial charge in [0.05, 0.1) is 16.9 Å². The van der Waals surface area contributed by atoms with Gasteiger partial charge < -0.3 is 10.2 Å². The van der Waals surface area contributed by atoms with E-state index in [0.29, 0.717) is 0 Å². The normalized spacial score (nSPS) is 14.9. The van der Waals surface area contributed by atoms with Crippen LogP contribution in [0.2, 0.25) is 0 Å². The van der Waals surface area contributed by atoms with Crippen LogP contribution in [-0.2, 0) is 0 Å². The van der Waals surface area contributed by atoms with Gasteiger partial charge in [-0.3, -0.25) is 4.68 Å². The van der Waals surface area contributed by atoms with Gasteiger partial charge in [0.15, 0.2) is 0 Å². The summed E-state index contributed by atoms with van der Waals surface area (Å²) in [5, 5.41) is 4.27. The maximum Gasteiger partial charge on any atom is 0.129 e. The Kier molecular flexibility index (Phi) is 3.46. The van der Waals surface area contributed by atoms with Crippen LogP contribution in [0.3, 0.4) is 0 Å². The molecule has 2 heterocycles. The molecule has 5 heteroatoms. The number of hydrogen-bond donors (Lipinski definition) is 1. The molecule has 2 unspecified atom stereocenters. The lowest BCUT2D eigenvalue weighted by molar-refractivity contribution is 0.351. The molecule has 16 heavy (non-hydrogen) atoms. The fraction of sp³-hybridized carbons (Fsp3) is 0.364. The van der Waals surface area contributed by atoms with Crippen molar-refractivity contribution < 1.29 is 4.42 Å². The van der Waals surface area contributed by atoms with E-state index in [9.17, 15) is 0 Å². The second kappa shape index (κ2) is 4.84.